The van der Waals surface area contributed by atoms with Crippen LogP contribution in [-0.4, -0.2) is 0 Å². The molecule has 1 atom stereocenters. The molecular weight excluding hydrogens is 308 g/mol. The predicted molar refractivity (Wildman–Crippen MR) is 81.6 cm³/mol. The van der Waals surface area contributed by atoms with Gasteiger partial charge in [-0.1, -0.05) is 31.2 Å². The molecule has 1 aromatic heterocycles. The molecule has 2 rings (SSSR count). The molecule has 0 bridgehead atoms. The van der Waals surface area contributed by atoms with Gasteiger partial charge in [0.2, 0.25) is 0 Å². The summed E-state index contributed by atoms with van der Waals surface area (Å²) >= 11 is 5.20. The molecular formula is C14H17BrN2S. The number of aryl methyl sites for hydroxylation is 1. The van der Waals surface area contributed by atoms with Gasteiger partial charge >= 0.3 is 0 Å². The van der Waals surface area contributed by atoms with E-state index in [0.29, 0.717) is 0 Å². The molecule has 0 radical (unpaired) electrons. The Morgan fingerprint density at radius 1 is 1.28 bits per heavy atom. The number of hydrazine groups is 1. The van der Waals surface area contributed by atoms with E-state index in [1.165, 1.54) is 16.0 Å². The van der Waals surface area contributed by atoms with Crippen molar-refractivity contribution in [1.29, 1.82) is 0 Å². The van der Waals surface area contributed by atoms with Crippen molar-refractivity contribution in [3.8, 4) is 0 Å². The Hall–Kier alpha value is -0.680. The summed E-state index contributed by atoms with van der Waals surface area (Å²) in [5.74, 6) is 5.66. The average Bonchev–Trinajstić information content (AvgIpc) is 2.83. The van der Waals surface area contributed by atoms with Gasteiger partial charge in [-0.25, -0.2) is 0 Å². The minimum absolute atomic E-state index is 0.175. The Balaban J connectivity index is 2.10. The normalized spacial score (nSPS) is 12.6. The van der Waals surface area contributed by atoms with Crippen LogP contribution in [-0.2, 0) is 12.8 Å². The molecule has 4 heteroatoms. The van der Waals surface area contributed by atoms with Crippen molar-refractivity contribution < 1.29 is 0 Å². The molecule has 0 spiro atoms. The second-order valence-corrected chi connectivity index (χ2v) is 6.12. The van der Waals surface area contributed by atoms with Crippen LogP contribution in [0.3, 0.4) is 0 Å². The quantitative estimate of drug-likeness (QED) is 0.648. The van der Waals surface area contributed by atoms with E-state index >= 15 is 0 Å². The Kier molecular flexibility index (Phi) is 4.95. The lowest BCUT2D eigenvalue weighted by Crippen LogP contribution is -2.28. The lowest BCUT2D eigenvalue weighted by molar-refractivity contribution is 0.560. The fourth-order valence-electron chi connectivity index (χ4n) is 1.90. The first-order valence-corrected chi connectivity index (χ1v) is 7.68. The molecule has 2 nitrogen and oxygen atoms in total. The summed E-state index contributed by atoms with van der Waals surface area (Å²) in [5.41, 5.74) is 5.57. The van der Waals surface area contributed by atoms with Crippen LogP contribution in [0.15, 0.2) is 40.2 Å². The highest BCUT2D eigenvalue weighted by Crippen LogP contribution is 2.27. The van der Waals surface area contributed by atoms with Crippen molar-refractivity contribution in [3.05, 3.63) is 56.2 Å². The summed E-state index contributed by atoms with van der Waals surface area (Å²) in [5, 5.41) is 2.08. The van der Waals surface area contributed by atoms with Crippen molar-refractivity contribution in [2.75, 3.05) is 0 Å². The topological polar surface area (TPSA) is 38.0 Å². The van der Waals surface area contributed by atoms with Crippen molar-refractivity contribution >= 4 is 27.3 Å². The third-order valence-electron chi connectivity index (χ3n) is 3.00. The molecule has 3 N–H and O–H groups in total. The van der Waals surface area contributed by atoms with Crippen LogP contribution in [0.2, 0.25) is 0 Å². The zero-order valence-corrected chi connectivity index (χ0v) is 12.7. The maximum atomic E-state index is 5.66. The maximum absolute atomic E-state index is 5.66. The van der Waals surface area contributed by atoms with E-state index in [1.54, 1.807) is 11.3 Å². The van der Waals surface area contributed by atoms with E-state index in [2.05, 4.69) is 64.0 Å². The van der Waals surface area contributed by atoms with Crippen LogP contribution < -0.4 is 11.3 Å². The number of thiophene rings is 1. The van der Waals surface area contributed by atoms with Gasteiger partial charge in [0.05, 0.1) is 6.04 Å². The molecule has 0 aliphatic carbocycles. The molecule has 0 saturated carbocycles. The van der Waals surface area contributed by atoms with Crippen LogP contribution >= 0.6 is 27.3 Å². The minimum atomic E-state index is 0.175. The van der Waals surface area contributed by atoms with Gasteiger partial charge in [-0.2, -0.15) is 0 Å². The second-order valence-electron chi connectivity index (χ2n) is 4.26. The summed E-state index contributed by atoms with van der Waals surface area (Å²) in [4.78, 5) is 1.25. The summed E-state index contributed by atoms with van der Waals surface area (Å²) in [6.07, 6.45) is 1.99. The molecule has 1 unspecified atom stereocenters. The largest absolute Gasteiger partial charge is 0.271 e. The maximum Gasteiger partial charge on any atom is 0.0593 e. The standard InChI is InChI=1S/C14H17BrN2S/c1-2-10-3-5-11(6-4-10)7-13(17-16)14-8-12(15)9-18-14/h3-6,8-9,13,17H,2,7,16H2,1H3. The summed E-state index contributed by atoms with van der Waals surface area (Å²) < 4.78 is 1.11. The smallest absolute Gasteiger partial charge is 0.0593 e. The number of rotatable bonds is 5. The highest BCUT2D eigenvalue weighted by atomic mass is 79.9. The zero-order chi connectivity index (χ0) is 13.0. The van der Waals surface area contributed by atoms with Crippen molar-refractivity contribution in [3.63, 3.8) is 0 Å². The van der Waals surface area contributed by atoms with E-state index in [4.69, 9.17) is 5.84 Å². The second kappa shape index (κ2) is 6.48. The van der Waals surface area contributed by atoms with Crippen molar-refractivity contribution in [1.82, 2.24) is 5.43 Å². The van der Waals surface area contributed by atoms with Crippen LogP contribution in [0.1, 0.15) is 29.0 Å². The molecule has 2 aromatic rings. The van der Waals surface area contributed by atoms with Crippen molar-refractivity contribution in [2.24, 2.45) is 5.84 Å². The highest BCUT2D eigenvalue weighted by molar-refractivity contribution is 9.10. The lowest BCUT2D eigenvalue weighted by atomic mass is 10.0. The van der Waals surface area contributed by atoms with Crippen LogP contribution in [0.4, 0.5) is 0 Å². The number of nitrogens with two attached hydrogens (primary N) is 1. The van der Waals surface area contributed by atoms with E-state index in [1.807, 2.05) is 0 Å². The summed E-state index contributed by atoms with van der Waals surface area (Å²) in [6.45, 7) is 2.17. The SMILES string of the molecule is CCc1ccc(CC(NN)c2cc(Br)cs2)cc1. The molecule has 1 heterocycles. The minimum Gasteiger partial charge on any atom is -0.271 e. The van der Waals surface area contributed by atoms with E-state index in [0.717, 1.165) is 17.3 Å². The number of nitrogens with one attached hydrogen (secondary N) is 1. The Labute approximate surface area is 120 Å². The fourth-order valence-corrected chi connectivity index (χ4v) is 3.41. The van der Waals surface area contributed by atoms with Gasteiger partial charge in [0, 0.05) is 14.7 Å². The lowest BCUT2D eigenvalue weighted by Gasteiger charge is -2.14. The first-order valence-electron chi connectivity index (χ1n) is 6.00. The molecule has 0 fully saturated rings. The van der Waals surface area contributed by atoms with Gasteiger partial charge in [0.15, 0.2) is 0 Å². The number of benzene rings is 1. The molecule has 0 amide bonds. The zero-order valence-electron chi connectivity index (χ0n) is 10.3. The summed E-state index contributed by atoms with van der Waals surface area (Å²) in [7, 11) is 0. The summed E-state index contributed by atoms with van der Waals surface area (Å²) in [6, 6.07) is 11.0. The average molecular weight is 325 g/mol. The van der Waals surface area contributed by atoms with Crippen LogP contribution in [0.5, 0.6) is 0 Å². The van der Waals surface area contributed by atoms with Crippen LogP contribution in [0.25, 0.3) is 0 Å². The van der Waals surface area contributed by atoms with Gasteiger partial charge in [0.1, 0.15) is 0 Å². The fraction of sp³-hybridized carbons (Fsp3) is 0.286. The third kappa shape index (κ3) is 3.42. The monoisotopic (exact) mass is 324 g/mol. The van der Waals surface area contributed by atoms with E-state index in [9.17, 15) is 0 Å². The predicted octanol–water partition coefficient (Wildman–Crippen LogP) is 3.82. The van der Waals surface area contributed by atoms with Crippen molar-refractivity contribution in [2.45, 2.75) is 25.8 Å². The molecule has 18 heavy (non-hydrogen) atoms. The first kappa shape index (κ1) is 13.7. The van der Waals surface area contributed by atoms with Crippen LogP contribution in [0, 0.1) is 0 Å². The van der Waals surface area contributed by atoms with E-state index < -0.39 is 0 Å². The van der Waals surface area contributed by atoms with Gasteiger partial charge in [0.25, 0.3) is 0 Å². The first-order chi connectivity index (χ1) is 8.72. The number of halogens is 1. The Morgan fingerprint density at radius 3 is 2.44 bits per heavy atom. The molecule has 0 aliphatic heterocycles. The van der Waals surface area contributed by atoms with Gasteiger partial charge in [-0.15, -0.1) is 11.3 Å². The highest BCUT2D eigenvalue weighted by Gasteiger charge is 2.12. The number of hydrogen-bond acceptors (Lipinski definition) is 3. The van der Waals surface area contributed by atoms with E-state index in [-0.39, 0.29) is 6.04 Å². The van der Waals surface area contributed by atoms with Gasteiger partial charge in [-0.3, -0.25) is 11.3 Å². The Morgan fingerprint density at radius 2 is 1.94 bits per heavy atom. The Bertz CT molecular complexity index is 493. The third-order valence-corrected chi connectivity index (χ3v) is 4.81. The van der Waals surface area contributed by atoms with Gasteiger partial charge in [-0.05, 0) is 46.0 Å². The molecule has 1 aromatic carbocycles. The molecule has 96 valence electrons. The molecule has 0 aliphatic rings. The molecule has 0 saturated heterocycles. The van der Waals surface area contributed by atoms with Gasteiger partial charge < -0.3 is 0 Å². The number of hydrogen-bond donors (Lipinski definition) is 2.